The van der Waals surface area contributed by atoms with Crippen LogP contribution in [0.1, 0.15) is 16.1 Å². The number of non-ortho nitro benzene ring substituents is 1. The van der Waals surface area contributed by atoms with Gasteiger partial charge in [0, 0.05) is 34.2 Å². The highest BCUT2D eigenvalue weighted by Gasteiger charge is 2.11. The maximum absolute atomic E-state index is 12.1. The van der Waals surface area contributed by atoms with Gasteiger partial charge in [-0.2, -0.15) is 5.10 Å². The number of hydrazone groups is 1. The Labute approximate surface area is 174 Å². The lowest BCUT2D eigenvalue weighted by atomic mass is 10.2. The molecular formula is C21H14N4O4S. The van der Waals surface area contributed by atoms with Gasteiger partial charge in [-0.15, -0.1) is 0 Å². The number of amides is 1. The van der Waals surface area contributed by atoms with Gasteiger partial charge in [-0.1, -0.05) is 24.3 Å². The average molecular weight is 418 g/mol. The van der Waals surface area contributed by atoms with Crippen molar-refractivity contribution in [2.45, 2.75) is 9.99 Å². The van der Waals surface area contributed by atoms with Crippen molar-refractivity contribution in [2.75, 3.05) is 0 Å². The third kappa shape index (κ3) is 4.36. The van der Waals surface area contributed by atoms with Crippen LogP contribution in [-0.2, 0) is 0 Å². The number of aromatic nitrogens is 1. The van der Waals surface area contributed by atoms with Gasteiger partial charge in [0.15, 0.2) is 5.09 Å². The number of carbonyl (C=O) groups excluding carboxylic acids is 1. The normalized spacial score (nSPS) is 11.1. The van der Waals surface area contributed by atoms with Crippen LogP contribution < -0.4 is 5.43 Å². The second kappa shape index (κ2) is 8.58. The molecule has 0 fully saturated rings. The van der Waals surface area contributed by atoms with Gasteiger partial charge in [0.25, 0.3) is 11.6 Å². The maximum atomic E-state index is 12.1. The van der Waals surface area contributed by atoms with Gasteiger partial charge in [0.05, 0.1) is 16.7 Å². The summed E-state index contributed by atoms with van der Waals surface area (Å²) in [6.07, 6.45) is 3.11. The molecule has 0 aliphatic rings. The number of pyridine rings is 1. The molecule has 0 unspecified atom stereocenters. The van der Waals surface area contributed by atoms with Crippen LogP contribution in [0.15, 0.2) is 92.4 Å². The number of fused-ring (bicyclic) bond motifs is 1. The molecule has 4 aromatic rings. The summed E-state index contributed by atoms with van der Waals surface area (Å²) in [6, 6.07) is 18.7. The predicted molar refractivity (Wildman–Crippen MR) is 113 cm³/mol. The Hall–Kier alpha value is -3.98. The Morgan fingerprint density at radius 3 is 2.83 bits per heavy atom. The van der Waals surface area contributed by atoms with Crippen LogP contribution in [-0.4, -0.2) is 22.0 Å². The summed E-state index contributed by atoms with van der Waals surface area (Å²) in [5.74, 6) is -0.108. The summed E-state index contributed by atoms with van der Waals surface area (Å²) in [5.41, 5.74) is 3.19. The Balaban J connectivity index is 1.42. The molecule has 148 valence electrons. The van der Waals surface area contributed by atoms with E-state index < -0.39 is 10.8 Å². The van der Waals surface area contributed by atoms with Gasteiger partial charge in [0.1, 0.15) is 5.76 Å². The fraction of sp³-hybridized carbons (Fsp3) is 0. The van der Waals surface area contributed by atoms with Gasteiger partial charge in [-0.3, -0.25) is 19.9 Å². The lowest BCUT2D eigenvalue weighted by molar-refractivity contribution is -0.384. The van der Waals surface area contributed by atoms with Crippen LogP contribution in [0.2, 0.25) is 0 Å². The van der Waals surface area contributed by atoms with Gasteiger partial charge < -0.3 is 4.42 Å². The number of nitrogens with zero attached hydrogens (tertiary/aromatic N) is 3. The highest BCUT2D eigenvalue weighted by molar-refractivity contribution is 7.99. The fourth-order valence-electron chi connectivity index (χ4n) is 2.71. The van der Waals surface area contributed by atoms with Gasteiger partial charge in [-0.05, 0) is 42.1 Å². The topological polar surface area (TPSA) is 111 Å². The molecule has 1 amide bonds. The van der Waals surface area contributed by atoms with Crippen molar-refractivity contribution in [2.24, 2.45) is 5.10 Å². The van der Waals surface area contributed by atoms with Gasteiger partial charge >= 0.3 is 0 Å². The monoisotopic (exact) mass is 418 g/mol. The van der Waals surface area contributed by atoms with Crippen LogP contribution in [0.5, 0.6) is 0 Å². The number of rotatable bonds is 6. The van der Waals surface area contributed by atoms with Crippen molar-refractivity contribution in [1.82, 2.24) is 10.4 Å². The molecule has 0 bridgehead atoms. The van der Waals surface area contributed by atoms with E-state index in [0.717, 1.165) is 15.8 Å². The van der Waals surface area contributed by atoms with Crippen molar-refractivity contribution in [1.29, 1.82) is 0 Å². The zero-order valence-corrected chi connectivity index (χ0v) is 16.2. The van der Waals surface area contributed by atoms with Crippen LogP contribution in [0.3, 0.4) is 0 Å². The third-order valence-corrected chi connectivity index (χ3v) is 5.06. The lowest BCUT2D eigenvalue weighted by Gasteiger charge is -2.02. The maximum Gasteiger partial charge on any atom is 0.271 e. The van der Waals surface area contributed by atoms with Crippen molar-refractivity contribution in [3.63, 3.8) is 0 Å². The standard InChI is InChI=1S/C21H14N4O4S/c26-21(15-5-1-7-16(12-15)25(27)28)24-23-13-17-9-10-19(29-17)30-18-8-2-4-14-6-3-11-22-20(14)18/h1-13H,(H,24,26)/b23-13-. The Kier molecular flexibility index (Phi) is 5.53. The second-order valence-corrected chi connectivity index (χ2v) is 7.14. The minimum absolute atomic E-state index is 0.139. The van der Waals surface area contributed by atoms with E-state index in [9.17, 15) is 14.9 Å². The van der Waals surface area contributed by atoms with E-state index in [4.69, 9.17) is 4.42 Å². The quantitative estimate of drug-likeness (QED) is 0.277. The van der Waals surface area contributed by atoms with Gasteiger partial charge in [-0.25, -0.2) is 5.43 Å². The molecule has 1 N–H and O–H groups in total. The molecule has 0 saturated heterocycles. The summed E-state index contributed by atoms with van der Waals surface area (Å²) in [7, 11) is 0. The molecular weight excluding hydrogens is 404 g/mol. The van der Waals surface area contributed by atoms with E-state index in [2.05, 4.69) is 15.5 Å². The van der Waals surface area contributed by atoms with Crippen molar-refractivity contribution < 1.29 is 14.1 Å². The van der Waals surface area contributed by atoms with E-state index in [1.54, 1.807) is 18.3 Å². The molecule has 2 aromatic heterocycles. The minimum atomic E-state index is -0.562. The van der Waals surface area contributed by atoms with E-state index in [0.29, 0.717) is 10.9 Å². The lowest BCUT2D eigenvalue weighted by Crippen LogP contribution is -2.17. The molecule has 2 aromatic carbocycles. The highest BCUT2D eigenvalue weighted by atomic mass is 32.2. The fourth-order valence-corrected chi connectivity index (χ4v) is 3.61. The number of hydrogen-bond acceptors (Lipinski definition) is 7. The number of hydrogen-bond donors (Lipinski definition) is 1. The largest absolute Gasteiger partial charge is 0.448 e. The first-order valence-electron chi connectivity index (χ1n) is 8.79. The molecule has 9 heteroatoms. The zero-order valence-electron chi connectivity index (χ0n) is 15.4. The summed E-state index contributed by atoms with van der Waals surface area (Å²) in [4.78, 5) is 27.7. The Morgan fingerprint density at radius 1 is 1.13 bits per heavy atom. The van der Waals surface area contributed by atoms with Crippen molar-refractivity contribution >= 4 is 40.5 Å². The van der Waals surface area contributed by atoms with E-state index in [1.807, 2.05) is 30.3 Å². The number of furan rings is 1. The minimum Gasteiger partial charge on any atom is -0.448 e. The molecule has 4 rings (SSSR count). The van der Waals surface area contributed by atoms with Crippen molar-refractivity contribution in [3.8, 4) is 0 Å². The van der Waals surface area contributed by atoms with Crippen LogP contribution in [0.25, 0.3) is 10.9 Å². The predicted octanol–water partition coefficient (Wildman–Crippen LogP) is 4.65. The number of para-hydroxylation sites is 1. The molecule has 30 heavy (non-hydrogen) atoms. The number of benzene rings is 2. The van der Waals surface area contributed by atoms with E-state index in [-0.39, 0.29) is 11.3 Å². The molecule has 0 radical (unpaired) electrons. The summed E-state index contributed by atoms with van der Waals surface area (Å²) < 4.78 is 5.72. The third-order valence-electron chi connectivity index (χ3n) is 4.09. The molecule has 0 spiro atoms. The number of nitro benzene ring substituents is 1. The average Bonchev–Trinajstić information content (AvgIpc) is 3.21. The highest BCUT2D eigenvalue weighted by Crippen LogP contribution is 2.33. The summed E-state index contributed by atoms with van der Waals surface area (Å²) in [6.45, 7) is 0. The molecule has 0 aliphatic carbocycles. The Morgan fingerprint density at radius 2 is 1.97 bits per heavy atom. The smallest absolute Gasteiger partial charge is 0.271 e. The van der Waals surface area contributed by atoms with Crippen LogP contribution in [0, 0.1) is 10.1 Å². The molecule has 0 atom stereocenters. The first-order valence-corrected chi connectivity index (χ1v) is 9.61. The van der Waals surface area contributed by atoms with E-state index in [1.165, 1.54) is 42.2 Å². The van der Waals surface area contributed by atoms with Gasteiger partial charge in [0.2, 0.25) is 0 Å². The zero-order chi connectivity index (χ0) is 20.9. The molecule has 0 aliphatic heterocycles. The number of nitrogens with one attached hydrogen (secondary N) is 1. The van der Waals surface area contributed by atoms with Crippen molar-refractivity contribution in [3.05, 3.63) is 94.4 Å². The number of nitro groups is 1. The second-order valence-electron chi connectivity index (χ2n) is 6.10. The number of carbonyl (C=O) groups is 1. The van der Waals surface area contributed by atoms with Crippen LogP contribution in [0.4, 0.5) is 5.69 Å². The molecule has 8 nitrogen and oxygen atoms in total. The SMILES string of the molecule is O=C(N/N=C\c1ccc(Sc2cccc3cccnc23)o1)c1cccc([N+](=O)[O-])c1. The molecule has 2 heterocycles. The molecule has 0 saturated carbocycles. The van der Waals surface area contributed by atoms with E-state index >= 15 is 0 Å². The summed E-state index contributed by atoms with van der Waals surface area (Å²) >= 11 is 1.44. The Bertz CT molecular complexity index is 1260. The van der Waals surface area contributed by atoms with Crippen LogP contribution >= 0.6 is 11.8 Å². The summed E-state index contributed by atoms with van der Waals surface area (Å²) in [5, 5.41) is 16.4. The first-order chi connectivity index (χ1) is 14.6. The first kappa shape index (κ1) is 19.3.